The lowest BCUT2D eigenvalue weighted by atomic mass is 10.0. The molecule has 0 bridgehead atoms. The van der Waals surface area contributed by atoms with Gasteiger partial charge in [-0.2, -0.15) is 4.98 Å². The lowest BCUT2D eigenvalue weighted by Gasteiger charge is -2.36. The maximum Gasteiger partial charge on any atom is 0.295 e. The molecule has 6 nitrogen and oxygen atoms in total. The van der Waals surface area contributed by atoms with Gasteiger partial charge in [-0.25, -0.2) is 0 Å². The number of hydrogen-bond acceptors (Lipinski definition) is 6. The number of hydrogen-bond donors (Lipinski definition) is 2. The maximum absolute atomic E-state index is 9.66. The molecule has 4 aromatic rings. The molecule has 5 rings (SSSR count). The second-order valence-corrected chi connectivity index (χ2v) is 9.84. The number of rotatable bonds is 8. The number of piperazine rings is 1. The molecule has 1 saturated heterocycles. The van der Waals surface area contributed by atoms with E-state index in [0.717, 1.165) is 62.4 Å². The van der Waals surface area contributed by atoms with E-state index in [9.17, 15) is 5.11 Å². The van der Waals surface area contributed by atoms with Crippen LogP contribution in [0, 0.1) is 0 Å². The molecule has 35 heavy (non-hydrogen) atoms. The smallest absolute Gasteiger partial charge is 0.295 e. The number of anilines is 1. The first kappa shape index (κ1) is 23.9. The van der Waals surface area contributed by atoms with Gasteiger partial charge in [-0.15, -0.1) is 0 Å². The highest BCUT2D eigenvalue weighted by Crippen LogP contribution is 2.24. The summed E-state index contributed by atoms with van der Waals surface area (Å²) in [5.41, 5.74) is 3.94. The Labute approximate surface area is 215 Å². The van der Waals surface area contributed by atoms with E-state index >= 15 is 0 Å². The molecule has 1 unspecified atom stereocenters. The first-order valence-corrected chi connectivity index (χ1v) is 12.6. The number of nitrogens with zero attached hydrogens (tertiary/aromatic N) is 3. The van der Waals surface area contributed by atoms with Crippen LogP contribution in [0.4, 0.5) is 6.01 Å². The lowest BCUT2D eigenvalue weighted by molar-refractivity contribution is 0.123. The van der Waals surface area contributed by atoms with E-state index in [-0.39, 0.29) is 11.8 Å². The predicted molar refractivity (Wildman–Crippen MR) is 141 cm³/mol. The summed E-state index contributed by atoms with van der Waals surface area (Å²) >= 11 is 12.2. The van der Waals surface area contributed by atoms with Crippen LogP contribution < -0.4 is 5.32 Å². The minimum Gasteiger partial charge on any atom is -0.508 e. The fourth-order valence-electron chi connectivity index (χ4n) is 4.52. The van der Waals surface area contributed by atoms with Crippen LogP contribution in [0.15, 0.2) is 71.1 Å². The molecule has 0 amide bonds. The van der Waals surface area contributed by atoms with Crippen molar-refractivity contribution < 1.29 is 9.52 Å². The summed E-state index contributed by atoms with van der Waals surface area (Å²) in [7, 11) is 0. The van der Waals surface area contributed by atoms with Gasteiger partial charge < -0.3 is 14.8 Å². The van der Waals surface area contributed by atoms with Gasteiger partial charge in [0.1, 0.15) is 11.3 Å². The zero-order valence-corrected chi connectivity index (χ0v) is 20.8. The van der Waals surface area contributed by atoms with Gasteiger partial charge in [0.2, 0.25) is 0 Å². The Kier molecular flexibility index (Phi) is 7.44. The number of halogens is 2. The summed E-state index contributed by atoms with van der Waals surface area (Å²) in [6, 6.07) is 21.7. The summed E-state index contributed by atoms with van der Waals surface area (Å²) in [6.45, 7) is 5.64. The van der Waals surface area contributed by atoms with Crippen LogP contribution in [0.5, 0.6) is 5.75 Å². The zero-order valence-electron chi connectivity index (χ0n) is 19.3. The van der Waals surface area contributed by atoms with Gasteiger partial charge in [0, 0.05) is 45.3 Å². The Hall–Kier alpha value is -2.77. The van der Waals surface area contributed by atoms with E-state index in [1.165, 1.54) is 5.56 Å². The Morgan fingerprint density at radius 2 is 1.60 bits per heavy atom. The van der Waals surface area contributed by atoms with E-state index in [2.05, 4.69) is 20.1 Å². The molecule has 0 radical (unpaired) electrons. The molecule has 1 fully saturated rings. The van der Waals surface area contributed by atoms with Crippen LogP contribution >= 0.6 is 23.2 Å². The van der Waals surface area contributed by atoms with Crippen molar-refractivity contribution >= 4 is 40.3 Å². The van der Waals surface area contributed by atoms with Crippen molar-refractivity contribution in [2.24, 2.45) is 0 Å². The number of para-hydroxylation sites is 2. The van der Waals surface area contributed by atoms with Crippen molar-refractivity contribution in [2.45, 2.75) is 19.0 Å². The van der Waals surface area contributed by atoms with Crippen molar-refractivity contribution in [2.75, 3.05) is 38.0 Å². The molecular formula is C27H28Cl2N4O2. The Balaban J connectivity index is 1.22. The molecule has 8 heteroatoms. The third-order valence-electron chi connectivity index (χ3n) is 6.37. The zero-order chi connectivity index (χ0) is 24.2. The average Bonchev–Trinajstić information content (AvgIpc) is 3.26. The molecule has 1 atom stereocenters. The number of nitrogens with one attached hydrogen (secondary N) is 1. The topological polar surface area (TPSA) is 64.8 Å². The number of oxazole rings is 1. The summed E-state index contributed by atoms with van der Waals surface area (Å²) < 4.78 is 5.94. The number of phenols is 1. The molecule has 3 aromatic carbocycles. The average molecular weight is 511 g/mol. The van der Waals surface area contributed by atoms with Crippen molar-refractivity contribution in [3.63, 3.8) is 0 Å². The summed E-state index contributed by atoms with van der Waals surface area (Å²) in [6.07, 6.45) is 0.794. The summed E-state index contributed by atoms with van der Waals surface area (Å²) in [4.78, 5) is 9.53. The molecule has 1 aromatic heterocycles. The largest absolute Gasteiger partial charge is 0.508 e. The van der Waals surface area contributed by atoms with Crippen LogP contribution in [0.25, 0.3) is 11.1 Å². The summed E-state index contributed by atoms with van der Waals surface area (Å²) in [5, 5.41) is 14.4. The third kappa shape index (κ3) is 6.27. The molecule has 2 N–H and O–H groups in total. The van der Waals surface area contributed by atoms with Crippen molar-refractivity contribution in [3.05, 3.63) is 87.9 Å². The molecule has 0 aliphatic carbocycles. The Morgan fingerprint density at radius 3 is 2.34 bits per heavy atom. The van der Waals surface area contributed by atoms with Crippen LogP contribution in [0.2, 0.25) is 10.0 Å². The third-order valence-corrected chi connectivity index (χ3v) is 7.11. The van der Waals surface area contributed by atoms with Crippen LogP contribution in [-0.2, 0) is 13.0 Å². The van der Waals surface area contributed by atoms with Gasteiger partial charge in [0.25, 0.3) is 6.01 Å². The van der Waals surface area contributed by atoms with E-state index in [0.29, 0.717) is 16.1 Å². The number of aromatic hydroxyl groups is 1. The highest BCUT2D eigenvalue weighted by molar-refractivity contribution is 6.42. The van der Waals surface area contributed by atoms with E-state index in [1.54, 1.807) is 12.1 Å². The van der Waals surface area contributed by atoms with Crippen LogP contribution in [-0.4, -0.2) is 58.7 Å². The lowest BCUT2D eigenvalue weighted by Crippen LogP contribution is -2.49. The predicted octanol–water partition coefficient (Wildman–Crippen LogP) is 5.68. The molecule has 0 saturated carbocycles. The first-order chi connectivity index (χ1) is 17.0. The molecule has 182 valence electrons. The number of aromatic nitrogens is 1. The minimum atomic E-state index is 0.106. The van der Waals surface area contributed by atoms with Crippen LogP contribution in [0.3, 0.4) is 0 Å². The molecular weight excluding hydrogens is 483 g/mol. The Morgan fingerprint density at radius 1 is 0.886 bits per heavy atom. The van der Waals surface area contributed by atoms with Crippen molar-refractivity contribution in [3.8, 4) is 5.75 Å². The minimum absolute atomic E-state index is 0.106. The fraction of sp³-hybridized carbons (Fsp3) is 0.296. The van der Waals surface area contributed by atoms with E-state index in [4.69, 9.17) is 27.6 Å². The highest BCUT2D eigenvalue weighted by Gasteiger charge is 2.22. The summed E-state index contributed by atoms with van der Waals surface area (Å²) in [5.74, 6) is 0.273. The van der Waals surface area contributed by atoms with E-state index < -0.39 is 0 Å². The fourth-order valence-corrected chi connectivity index (χ4v) is 4.84. The van der Waals surface area contributed by atoms with Crippen molar-refractivity contribution in [1.82, 2.24) is 14.8 Å². The molecule has 0 spiro atoms. The van der Waals surface area contributed by atoms with Crippen molar-refractivity contribution in [1.29, 1.82) is 0 Å². The second kappa shape index (κ2) is 10.9. The van der Waals surface area contributed by atoms with Gasteiger partial charge >= 0.3 is 0 Å². The second-order valence-electron chi connectivity index (χ2n) is 9.02. The molecule has 2 heterocycles. The van der Waals surface area contributed by atoms with Gasteiger partial charge in [-0.05, 0) is 53.9 Å². The van der Waals surface area contributed by atoms with Gasteiger partial charge in [-0.1, -0.05) is 53.5 Å². The normalized spacial score (nSPS) is 15.9. The Bertz CT molecular complexity index is 1240. The molecule has 1 aliphatic heterocycles. The highest BCUT2D eigenvalue weighted by atomic mass is 35.5. The van der Waals surface area contributed by atoms with E-state index in [1.807, 2.05) is 54.6 Å². The van der Waals surface area contributed by atoms with Gasteiger partial charge in [0.15, 0.2) is 5.58 Å². The monoisotopic (exact) mass is 510 g/mol. The number of fused-ring (bicyclic) bond motifs is 1. The first-order valence-electron chi connectivity index (χ1n) is 11.8. The molecule has 1 aliphatic rings. The number of phenolic OH excluding ortho intramolecular Hbond substituents is 1. The van der Waals surface area contributed by atoms with Crippen LogP contribution in [0.1, 0.15) is 11.1 Å². The number of benzene rings is 3. The standard InChI is InChI=1S/C27H28Cl2N4O2/c28-23-10-7-20(16-24(23)29)17-32-11-13-33(14-12-32)18-21(15-19-5-8-22(34)9-6-19)30-27-31-25-3-1-2-4-26(25)35-27/h1-10,16,21,34H,11-15,17-18H2,(H,30,31). The van der Waals surface area contributed by atoms with Gasteiger partial charge in [-0.3, -0.25) is 9.80 Å². The van der Waals surface area contributed by atoms with Gasteiger partial charge in [0.05, 0.1) is 10.0 Å². The quantitative estimate of drug-likeness (QED) is 0.317. The maximum atomic E-state index is 9.66. The SMILES string of the molecule is Oc1ccc(CC(CN2CCN(Cc3ccc(Cl)c(Cl)c3)CC2)Nc2nc3ccccc3o2)cc1.